The Morgan fingerprint density at radius 2 is 1.71 bits per heavy atom. The van der Waals surface area contributed by atoms with Crippen LogP contribution in [-0.4, -0.2) is 50.5 Å². The molecule has 0 unspecified atom stereocenters. The molecule has 0 amide bonds. The Kier molecular flexibility index (Phi) is 7.96. The van der Waals surface area contributed by atoms with Crippen LogP contribution in [0, 0.1) is 0 Å². The number of methoxy groups -OCH3 is 3. The van der Waals surface area contributed by atoms with Crippen molar-refractivity contribution in [2.24, 2.45) is 0 Å². The maximum atomic E-state index is 5.24. The zero-order chi connectivity index (χ0) is 10.9. The second kappa shape index (κ2) is 8.10. The molecule has 14 heavy (non-hydrogen) atoms. The number of hydrogen-bond acceptors (Lipinski definition) is 5. The van der Waals surface area contributed by atoms with Crippen LogP contribution < -0.4 is 0 Å². The highest BCUT2D eigenvalue weighted by molar-refractivity contribution is 6.33. The van der Waals surface area contributed by atoms with Crippen LogP contribution in [0.2, 0.25) is 0 Å². The van der Waals surface area contributed by atoms with Gasteiger partial charge in [-0.05, 0) is 0 Å². The molecule has 0 rings (SSSR count). The summed E-state index contributed by atoms with van der Waals surface area (Å²) in [6, 6.07) is 0. The van der Waals surface area contributed by atoms with Gasteiger partial charge < -0.3 is 23.4 Å². The zero-order valence-corrected chi connectivity index (χ0v) is 10.4. The average molecular weight is 222 g/mol. The summed E-state index contributed by atoms with van der Waals surface area (Å²) in [6.07, 6.45) is -1.42. The lowest BCUT2D eigenvalue weighted by Gasteiger charge is -2.27. The summed E-state index contributed by atoms with van der Waals surface area (Å²) in [7, 11) is 3.71. The van der Waals surface area contributed by atoms with Gasteiger partial charge in [-0.15, -0.1) is 6.58 Å². The van der Waals surface area contributed by atoms with Crippen LogP contribution in [0.15, 0.2) is 12.3 Å². The van der Waals surface area contributed by atoms with Crippen molar-refractivity contribution in [2.45, 2.75) is 6.16 Å². The second-order valence-corrected chi connectivity index (χ2v) is 3.64. The van der Waals surface area contributed by atoms with Crippen LogP contribution in [0.4, 0.5) is 0 Å². The molecule has 0 aromatic heterocycles. The van der Waals surface area contributed by atoms with Gasteiger partial charge in [0.2, 0.25) is 0 Å². The van der Waals surface area contributed by atoms with Crippen LogP contribution in [0.5, 0.6) is 0 Å². The molecule has 0 saturated heterocycles. The van der Waals surface area contributed by atoms with Crippen molar-refractivity contribution in [1.29, 1.82) is 0 Å². The first kappa shape index (κ1) is 13.8. The standard InChI is InChI=1S/C8H18O5Si/c1-5-14-13-7-6-12-8(9-2,10-3)11-4/h5H,1,6-7,14H2,2-4H3. The van der Waals surface area contributed by atoms with Crippen molar-refractivity contribution in [3.8, 4) is 0 Å². The van der Waals surface area contributed by atoms with E-state index >= 15 is 0 Å². The molecule has 0 aliphatic heterocycles. The van der Waals surface area contributed by atoms with Crippen molar-refractivity contribution >= 4 is 9.76 Å². The minimum absolute atomic E-state index is 0.344. The Bertz CT molecular complexity index is 140. The lowest BCUT2D eigenvalue weighted by atomic mass is 10.8. The van der Waals surface area contributed by atoms with Gasteiger partial charge in [-0.3, -0.25) is 0 Å². The van der Waals surface area contributed by atoms with Gasteiger partial charge in [-0.25, -0.2) is 0 Å². The van der Waals surface area contributed by atoms with Gasteiger partial charge in [-0.2, -0.15) is 0 Å². The summed E-state index contributed by atoms with van der Waals surface area (Å²) >= 11 is 0. The Morgan fingerprint density at radius 3 is 2.14 bits per heavy atom. The molecule has 0 N–H and O–H groups in total. The quantitative estimate of drug-likeness (QED) is 0.307. The van der Waals surface area contributed by atoms with Gasteiger partial charge in [-0.1, -0.05) is 5.70 Å². The smallest absolute Gasteiger partial charge is 0.411 e. The van der Waals surface area contributed by atoms with Crippen molar-refractivity contribution in [1.82, 2.24) is 0 Å². The Balaban J connectivity index is 3.65. The van der Waals surface area contributed by atoms with Gasteiger partial charge in [0.1, 0.15) is 0 Å². The fourth-order valence-corrected chi connectivity index (χ4v) is 1.27. The lowest BCUT2D eigenvalue weighted by Crippen LogP contribution is -2.40. The molecule has 0 aromatic carbocycles. The topological polar surface area (TPSA) is 46.2 Å². The van der Waals surface area contributed by atoms with Crippen LogP contribution in [-0.2, 0) is 23.4 Å². The molecule has 84 valence electrons. The highest BCUT2D eigenvalue weighted by atomic mass is 28.2. The van der Waals surface area contributed by atoms with E-state index in [-0.39, 0.29) is 0 Å². The molecule has 6 heteroatoms. The molecule has 0 heterocycles. The fraction of sp³-hybridized carbons (Fsp3) is 0.750. The Hall–Kier alpha value is -0.243. The Labute approximate surface area is 86.9 Å². The maximum Gasteiger partial charge on any atom is 0.411 e. The molecule has 5 nitrogen and oxygen atoms in total. The summed E-state index contributed by atoms with van der Waals surface area (Å²) in [5.41, 5.74) is 1.80. The number of ether oxygens (including phenoxy) is 4. The van der Waals surface area contributed by atoms with Crippen LogP contribution >= 0.6 is 0 Å². The van der Waals surface area contributed by atoms with Crippen LogP contribution in [0.1, 0.15) is 0 Å². The molecule has 0 fully saturated rings. The Morgan fingerprint density at radius 1 is 1.14 bits per heavy atom. The first-order valence-corrected chi connectivity index (χ1v) is 5.62. The predicted octanol–water partition coefficient (Wildman–Crippen LogP) is -0.203. The van der Waals surface area contributed by atoms with Crippen LogP contribution in [0.3, 0.4) is 0 Å². The van der Waals surface area contributed by atoms with E-state index in [0.717, 1.165) is 0 Å². The first-order chi connectivity index (χ1) is 6.74. The van der Waals surface area contributed by atoms with Crippen molar-refractivity contribution < 1.29 is 23.4 Å². The van der Waals surface area contributed by atoms with E-state index in [9.17, 15) is 0 Å². The molecule has 0 atom stereocenters. The minimum atomic E-state index is -1.42. The molecule has 0 aliphatic carbocycles. The lowest BCUT2D eigenvalue weighted by molar-refractivity contribution is -0.479. The van der Waals surface area contributed by atoms with Gasteiger partial charge in [0.15, 0.2) is 9.76 Å². The molecular formula is C8H18O5Si. The summed E-state index contributed by atoms with van der Waals surface area (Å²) in [5.74, 6) is 0. The predicted molar refractivity (Wildman–Crippen MR) is 54.4 cm³/mol. The largest absolute Gasteiger partial charge is 0.417 e. The monoisotopic (exact) mass is 222 g/mol. The van der Waals surface area contributed by atoms with E-state index in [1.165, 1.54) is 21.3 Å². The highest BCUT2D eigenvalue weighted by Gasteiger charge is 2.30. The summed E-state index contributed by atoms with van der Waals surface area (Å²) in [6.45, 7) is 4.40. The second-order valence-electron chi connectivity index (χ2n) is 2.32. The molecule has 0 radical (unpaired) electrons. The highest BCUT2D eigenvalue weighted by Crippen LogP contribution is 2.13. The fourth-order valence-electron chi connectivity index (χ4n) is 0.819. The molecule has 0 saturated carbocycles. The summed E-state index contributed by atoms with van der Waals surface area (Å²) in [4.78, 5) is 0. The van der Waals surface area contributed by atoms with E-state index in [4.69, 9.17) is 23.4 Å². The molecular weight excluding hydrogens is 204 g/mol. The zero-order valence-electron chi connectivity index (χ0n) is 8.95. The summed E-state index contributed by atoms with van der Waals surface area (Å²) in [5, 5.41) is 0. The minimum Gasteiger partial charge on any atom is -0.417 e. The molecule has 0 aromatic rings. The van der Waals surface area contributed by atoms with Crippen molar-refractivity contribution in [3.05, 3.63) is 12.3 Å². The van der Waals surface area contributed by atoms with Gasteiger partial charge in [0.05, 0.1) is 13.2 Å². The van der Waals surface area contributed by atoms with E-state index in [2.05, 4.69) is 6.58 Å². The normalized spacial score (nSPS) is 12.5. The van der Waals surface area contributed by atoms with E-state index in [0.29, 0.717) is 13.2 Å². The number of hydrogen-bond donors (Lipinski definition) is 0. The van der Waals surface area contributed by atoms with E-state index in [1.54, 1.807) is 5.70 Å². The van der Waals surface area contributed by atoms with E-state index in [1.807, 2.05) is 0 Å². The van der Waals surface area contributed by atoms with Crippen molar-refractivity contribution in [3.63, 3.8) is 0 Å². The van der Waals surface area contributed by atoms with Gasteiger partial charge >= 0.3 is 6.16 Å². The third kappa shape index (κ3) is 4.84. The van der Waals surface area contributed by atoms with E-state index < -0.39 is 15.9 Å². The first-order valence-electron chi connectivity index (χ1n) is 4.22. The van der Waals surface area contributed by atoms with Gasteiger partial charge in [0.25, 0.3) is 0 Å². The van der Waals surface area contributed by atoms with Crippen LogP contribution in [0.25, 0.3) is 0 Å². The van der Waals surface area contributed by atoms with Crippen molar-refractivity contribution in [2.75, 3.05) is 34.5 Å². The molecule has 0 spiro atoms. The average Bonchev–Trinajstić information content (AvgIpc) is 2.24. The molecule has 0 aliphatic rings. The third-order valence-corrected chi connectivity index (χ3v) is 2.25. The third-order valence-electron chi connectivity index (χ3n) is 1.49. The number of rotatable bonds is 9. The van der Waals surface area contributed by atoms with Gasteiger partial charge in [0, 0.05) is 21.3 Å². The SMILES string of the molecule is C=C[SiH2]OCCOC(OC)(OC)OC. The maximum absolute atomic E-state index is 5.24. The molecule has 0 bridgehead atoms. The summed E-state index contributed by atoms with van der Waals surface area (Å²) < 4.78 is 25.2.